The van der Waals surface area contributed by atoms with Crippen molar-refractivity contribution in [2.24, 2.45) is 0 Å². The van der Waals surface area contributed by atoms with Crippen LogP contribution < -0.4 is 9.64 Å². The Kier molecular flexibility index (Phi) is 7.97. The zero-order chi connectivity index (χ0) is 25.8. The van der Waals surface area contributed by atoms with Gasteiger partial charge in [0.1, 0.15) is 12.0 Å². The molecule has 0 aromatic heterocycles. The number of aryl methyl sites for hydroxylation is 2. The van der Waals surface area contributed by atoms with Crippen LogP contribution in [-0.4, -0.2) is 47.5 Å². The number of hydrogen-bond acceptors (Lipinski definition) is 4. The lowest BCUT2D eigenvalue weighted by Crippen LogP contribution is -2.42. The lowest BCUT2D eigenvalue weighted by molar-refractivity contribution is -0.152. The van der Waals surface area contributed by atoms with Crippen molar-refractivity contribution < 1.29 is 37.4 Å². The first kappa shape index (κ1) is 26.7. The molecule has 2 amide bonds. The number of aldehydes is 1. The van der Waals surface area contributed by atoms with Crippen molar-refractivity contribution in [3.8, 4) is 5.75 Å². The lowest BCUT2D eigenvalue weighted by atomic mass is 10.0. The van der Waals surface area contributed by atoms with Gasteiger partial charge in [-0.05, 0) is 68.7 Å². The van der Waals surface area contributed by atoms with Crippen molar-refractivity contribution in [3.05, 3.63) is 58.7 Å². The Morgan fingerprint density at radius 3 is 2.03 bits per heavy atom. The molecule has 1 N–H and O–H groups in total. The molecule has 10 heteroatoms. The molecule has 0 saturated carbocycles. The van der Waals surface area contributed by atoms with Crippen LogP contribution in [-0.2, 0) is 22.3 Å². The van der Waals surface area contributed by atoms with E-state index in [1.165, 1.54) is 37.9 Å². The van der Waals surface area contributed by atoms with Gasteiger partial charge in [-0.3, -0.25) is 4.90 Å². The number of aliphatic carboxylic acids is 1. The zero-order valence-electron chi connectivity index (χ0n) is 19.6. The van der Waals surface area contributed by atoms with Crippen LogP contribution >= 0.6 is 0 Å². The fourth-order valence-electron chi connectivity index (χ4n) is 3.31. The van der Waals surface area contributed by atoms with Crippen molar-refractivity contribution in [3.63, 3.8) is 0 Å². The number of ether oxygens (including phenoxy) is 1. The number of halogens is 3. The van der Waals surface area contributed by atoms with Crippen LogP contribution in [0.1, 0.15) is 36.1 Å². The Hall–Kier alpha value is -3.56. The van der Waals surface area contributed by atoms with E-state index in [9.17, 15) is 32.7 Å². The molecule has 0 fully saturated rings. The Bertz CT molecular complexity index is 1040. The molecular formula is C24H27F3N2O5. The molecule has 0 spiro atoms. The molecular weight excluding hydrogens is 453 g/mol. The highest BCUT2D eigenvalue weighted by Crippen LogP contribution is 2.31. The zero-order valence-corrected chi connectivity index (χ0v) is 19.6. The summed E-state index contributed by atoms with van der Waals surface area (Å²) in [6.07, 6.45) is -3.93. The standard InChI is InChI=1S/C24H27F3N2O5/c1-15-12-17(13-16(2)20(15)34-23(3,4)21(31)32)14-29(10-11-30)22(33)28(5)19-8-6-18(7-9-19)24(25,26)27/h6-9,11-13H,10,14H2,1-5H3,(H,31,32). The maximum atomic E-state index is 13.0. The Labute approximate surface area is 195 Å². The van der Waals surface area contributed by atoms with Gasteiger partial charge < -0.3 is 19.5 Å². The maximum absolute atomic E-state index is 13.0. The van der Waals surface area contributed by atoms with Crippen LogP contribution in [0.3, 0.4) is 0 Å². The van der Waals surface area contributed by atoms with Crippen LogP contribution in [0, 0.1) is 13.8 Å². The molecule has 0 unspecified atom stereocenters. The molecule has 0 atom stereocenters. The molecule has 0 aliphatic heterocycles. The highest BCUT2D eigenvalue weighted by molar-refractivity contribution is 5.92. The van der Waals surface area contributed by atoms with Gasteiger partial charge in [-0.2, -0.15) is 13.2 Å². The quantitative estimate of drug-likeness (QED) is 0.548. The summed E-state index contributed by atoms with van der Waals surface area (Å²) in [6.45, 7) is 6.17. The molecule has 0 bridgehead atoms. The third-order valence-corrected chi connectivity index (χ3v) is 5.20. The third kappa shape index (κ3) is 6.27. The highest BCUT2D eigenvalue weighted by atomic mass is 19.4. The maximum Gasteiger partial charge on any atom is 0.416 e. The summed E-state index contributed by atoms with van der Waals surface area (Å²) in [4.78, 5) is 38.0. The molecule has 184 valence electrons. The number of urea groups is 1. The first-order valence-corrected chi connectivity index (χ1v) is 10.3. The summed E-state index contributed by atoms with van der Waals surface area (Å²) in [7, 11) is 1.41. The number of alkyl halides is 3. The van der Waals surface area contributed by atoms with E-state index in [1.807, 2.05) is 0 Å². The summed E-state index contributed by atoms with van der Waals surface area (Å²) in [5.74, 6) is -0.712. The predicted octanol–water partition coefficient (Wildman–Crippen LogP) is 4.82. The van der Waals surface area contributed by atoms with Gasteiger partial charge >= 0.3 is 18.2 Å². The molecule has 0 heterocycles. The molecule has 34 heavy (non-hydrogen) atoms. The molecule has 2 aromatic carbocycles. The van der Waals surface area contributed by atoms with E-state index in [4.69, 9.17) is 4.74 Å². The number of amides is 2. The normalized spacial score (nSPS) is 11.6. The average molecular weight is 480 g/mol. The van der Waals surface area contributed by atoms with E-state index < -0.39 is 29.3 Å². The summed E-state index contributed by atoms with van der Waals surface area (Å²) in [5, 5.41) is 9.32. The largest absolute Gasteiger partial charge is 0.478 e. The smallest absolute Gasteiger partial charge is 0.416 e. The number of hydrogen-bond donors (Lipinski definition) is 1. The number of carboxylic acids is 1. The minimum absolute atomic E-state index is 0.0484. The number of carbonyl (C=O) groups is 3. The van der Waals surface area contributed by atoms with E-state index in [0.717, 1.165) is 17.0 Å². The molecule has 0 aliphatic rings. The molecule has 0 aliphatic carbocycles. The fraction of sp³-hybridized carbons (Fsp3) is 0.375. The first-order chi connectivity index (χ1) is 15.7. The van der Waals surface area contributed by atoms with Crippen LogP contribution in [0.2, 0.25) is 0 Å². The van der Waals surface area contributed by atoms with Crippen molar-refractivity contribution in [2.45, 2.75) is 46.0 Å². The van der Waals surface area contributed by atoms with Gasteiger partial charge in [0, 0.05) is 19.3 Å². The minimum Gasteiger partial charge on any atom is -0.478 e. The van der Waals surface area contributed by atoms with Crippen LogP contribution in [0.4, 0.5) is 23.7 Å². The number of carbonyl (C=O) groups excluding carboxylic acids is 2. The van der Waals surface area contributed by atoms with E-state index in [0.29, 0.717) is 28.7 Å². The SMILES string of the molecule is Cc1cc(CN(CC=O)C(=O)N(C)c2ccc(C(F)(F)F)cc2)cc(C)c1OC(C)(C)C(=O)O. The molecule has 2 rings (SSSR count). The first-order valence-electron chi connectivity index (χ1n) is 10.3. The van der Waals surface area contributed by atoms with Crippen LogP contribution in [0.25, 0.3) is 0 Å². The van der Waals surface area contributed by atoms with Gasteiger partial charge in [-0.15, -0.1) is 0 Å². The molecule has 7 nitrogen and oxygen atoms in total. The molecule has 2 aromatic rings. The second-order valence-electron chi connectivity index (χ2n) is 8.41. The second kappa shape index (κ2) is 10.1. The van der Waals surface area contributed by atoms with Crippen molar-refractivity contribution >= 4 is 24.0 Å². The highest BCUT2D eigenvalue weighted by Gasteiger charge is 2.31. The van der Waals surface area contributed by atoms with E-state index in [-0.39, 0.29) is 18.8 Å². The summed E-state index contributed by atoms with van der Waals surface area (Å²) >= 11 is 0. The monoisotopic (exact) mass is 480 g/mol. The Morgan fingerprint density at radius 2 is 1.59 bits per heavy atom. The molecule has 0 radical (unpaired) electrons. The van der Waals surface area contributed by atoms with Crippen LogP contribution in [0.15, 0.2) is 36.4 Å². The number of anilines is 1. The fourth-order valence-corrected chi connectivity index (χ4v) is 3.31. The second-order valence-corrected chi connectivity index (χ2v) is 8.41. The topological polar surface area (TPSA) is 87.2 Å². The Balaban J connectivity index is 2.26. The van der Waals surface area contributed by atoms with Crippen molar-refractivity contribution in [1.82, 2.24) is 4.90 Å². The van der Waals surface area contributed by atoms with Crippen LogP contribution in [0.5, 0.6) is 5.75 Å². The predicted molar refractivity (Wildman–Crippen MR) is 120 cm³/mol. The van der Waals surface area contributed by atoms with E-state index in [2.05, 4.69) is 0 Å². The van der Waals surface area contributed by atoms with Gasteiger partial charge in [-0.1, -0.05) is 12.1 Å². The van der Waals surface area contributed by atoms with Gasteiger partial charge in [-0.25, -0.2) is 9.59 Å². The van der Waals surface area contributed by atoms with E-state index >= 15 is 0 Å². The summed E-state index contributed by atoms with van der Waals surface area (Å²) in [6, 6.07) is 7.01. The summed E-state index contributed by atoms with van der Waals surface area (Å²) in [5.41, 5.74) is -0.0626. The van der Waals surface area contributed by atoms with Gasteiger partial charge in [0.15, 0.2) is 5.60 Å². The van der Waals surface area contributed by atoms with Gasteiger partial charge in [0.05, 0.1) is 12.1 Å². The van der Waals surface area contributed by atoms with E-state index in [1.54, 1.807) is 26.0 Å². The number of benzene rings is 2. The number of nitrogens with zero attached hydrogens (tertiary/aromatic N) is 2. The van der Waals surface area contributed by atoms with Gasteiger partial charge in [0.25, 0.3) is 0 Å². The number of rotatable bonds is 8. The Morgan fingerprint density at radius 1 is 1.06 bits per heavy atom. The van der Waals surface area contributed by atoms with Crippen molar-refractivity contribution in [1.29, 1.82) is 0 Å². The third-order valence-electron chi connectivity index (χ3n) is 5.20. The number of carboxylic acid groups (broad SMARTS) is 1. The minimum atomic E-state index is -4.49. The van der Waals surface area contributed by atoms with Gasteiger partial charge in [0.2, 0.25) is 0 Å². The average Bonchev–Trinajstić information content (AvgIpc) is 2.74. The summed E-state index contributed by atoms with van der Waals surface area (Å²) < 4.78 is 44.1. The lowest BCUT2D eigenvalue weighted by Gasteiger charge is -2.28. The molecule has 0 saturated heterocycles. The van der Waals surface area contributed by atoms with Crippen molar-refractivity contribution in [2.75, 3.05) is 18.5 Å².